The van der Waals surface area contributed by atoms with Crippen molar-refractivity contribution in [3.8, 4) is 5.69 Å². The smallest absolute Gasteiger partial charge is 0.240 e. The van der Waals surface area contributed by atoms with Gasteiger partial charge < -0.3 is 10.1 Å². The van der Waals surface area contributed by atoms with Crippen molar-refractivity contribution < 1.29 is 14.3 Å². The topological polar surface area (TPSA) is 76.5 Å². The molecular weight excluding hydrogens is 364 g/mol. The number of para-hydroxylation sites is 1. The zero-order chi connectivity index (χ0) is 19.2. The number of anilines is 1. The van der Waals surface area contributed by atoms with E-state index in [0.717, 1.165) is 28.5 Å². The molecule has 1 aromatic heterocycles. The van der Waals surface area contributed by atoms with Crippen LogP contribution in [-0.4, -0.2) is 53.7 Å². The van der Waals surface area contributed by atoms with Gasteiger partial charge in [0.15, 0.2) is 0 Å². The number of nitrogens with zero attached hydrogens (tertiary/aromatic N) is 3. The summed E-state index contributed by atoms with van der Waals surface area (Å²) in [6, 6.07) is 9.79. The second-order valence-corrected chi connectivity index (χ2v) is 7.12. The van der Waals surface area contributed by atoms with E-state index < -0.39 is 0 Å². The third kappa shape index (κ3) is 4.51. The van der Waals surface area contributed by atoms with Crippen LogP contribution in [0.15, 0.2) is 35.4 Å². The van der Waals surface area contributed by atoms with Crippen LogP contribution in [0.4, 0.5) is 5.69 Å². The molecule has 0 saturated heterocycles. The Morgan fingerprint density at radius 2 is 2.11 bits per heavy atom. The number of fused-ring (bicyclic) bond motifs is 1. The van der Waals surface area contributed by atoms with E-state index in [4.69, 9.17) is 4.74 Å². The van der Waals surface area contributed by atoms with Crippen molar-refractivity contribution in [1.29, 1.82) is 0 Å². The molecule has 0 radical (unpaired) electrons. The average molecular weight is 388 g/mol. The largest absolute Gasteiger partial charge is 0.382 e. The molecule has 2 heterocycles. The molecule has 0 saturated carbocycles. The van der Waals surface area contributed by atoms with E-state index in [9.17, 15) is 9.59 Å². The summed E-state index contributed by atoms with van der Waals surface area (Å²) >= 11 is 1.46. The number of ether oxygens (including phenoxy) is 1. The average Bonchev–Trinajstić information content (AvgIpc) is 3.01. The molecular formula is C19H24N4O3S. The minimum atomic E-state index is -0.176. The number of hydrogen-bond donors (Lipinski definition) is 1. The Hall–Kier alpha value is -2.32. The van der Waals surface area contributed by atoms with E-state index in [1.165, 1.54) is 11.8 Å². The van der Waals surface area contributed by atoms with E-state index in [0.29, 0.717) is 25.5 Å². The van der Waals surface area contributed by atoms with Crippen molar-refractivity contribution in [3.05, 3.63) is 36.0 Å². The zero-order valence-electron chi connectivity index (χ0n) is 15.6. The molecule has 0 fully saturated rings. The molecule has 1 aromatic carbocycles. The Morgan fingerprint density at radius 1 is 1.33 bits per heavy atom. The molecule has 0 aliphatic carbocycles. The van der Waals surface area contributed by atoms with Crippen LogP contribution in [0.3, 0.4) is 0 Å². The Morgan fingerprint density at radius 3 is 2.85 bits per heavy atom. The molecule has 0 bridgehead atoms. The fourth-order valence-electron chi connectivity index (χ4n) is 2.93. The minimum absolute atomic E-state index is 0.00233. The van der Waals surface area contributed by atoms with Crippen molar-refractivity contribution in [1.82, 2.24) is 15.1 Å². The summed E-state index contributed by atoms with van der Waals surface area (Å²) in [5.74, 6) is 0.0417. The molecule has 0 spiro atoms. The monoisotopic (exact) mass is 388 g/mol. The quantitative estimate of drug-likeness (QED) is 0.702. The molecule has 1 N–H and O–H groups in total. The van der Waals surface area contributed by atoms with Gasteiger partial charge in [-0.1, -0.05) is 30.0 Å². The normalized spacial score (nSPS) is 13.6. The number of carbonyl (C=O) groups excluding carboxylic acids is 2. The summed E-state index contributed by atoms with van der Waals surface area (Å²) in [7, 11) is 0. The predicted molar refractivity (Wildman–Crippen MR) is 105 cm³/mol. The van der Waals surface area contributed by atoms with E-state index in [1.54, 1.807) is 4.90 Å². The van der Waals surface area contributed by atoms with Gasteiger partial charge in [0, 0.05) is 19.8 Å². The van der Waals surface area contributed by atoms with Gasteiger partial charge in [0.05, 0.1) is 22.8 Å². The molecule has 7 nitrogen and oxygen atoms in total. The number of aryl methyl sites for hydroxylation is 1. The molecule has 1 aliphatic rings. The third-order valence-corrected chi connectivity index (χ3v) is 5.22. The SMILES string of the molecule is CCOCCCNC(=O)CN1C(=O)CSc2c1c(C)nn2-c1ccccc1. The summed E-state index contributed by atoms with van der Waals surface area (Å²) < 4.78 is 7.10. The Labute approximate surface area is 163 Å². The Bertz CT molecular complexity index is 807. The van der Waals surface area contributed by atoms with E-state index in [1.807, 2.05) is 48.9 Å². The first-order chi connectivity index (χ1) is 13.1. The maximum atomic E-state index is 12.5. The number of rotatable bonds is 8. The van der Waals surface area contributed by atoms with Crippen LogP contribution in [0, 0.1) is 6.92 Å². The number of hydrogen-bond acceptors (Lipinski definition) is 5. The molecule has 144 valence electrons. The lowest BCUT2D eigenvalue weighted by Crippen LogP contribution is -2.43. The lowest BCUT2D eigenvalue weighted by molar-refractivity contribution is -0.123. The lowest BCUT2D eigenvalue weighted by Gasteiger charge is -2.27. The van der Waals surface area contributed by atoms with Crippen molar-refractivity contribution in [2.45, 2.75) is 25.3 Å². The fourth-order valence-corrected chi connectivity index (χ4v) is 4.01. The van der Waals surface area contributed by atoms with Crippen LogP contribution in [0.25, 0.3) is 5.69 Å². The van der Waals surface area contributed by atoms with Gasteiger partial charge in [-0.2, -0.15) is 5.10 Å². The molecule has 0 atom stereocenters. The summed E-state index contributed by atoms with van der Waals surface area (Å²) in [5.41, 5.74) is 2.40. The van der Waals surface area contributed by atoms with Crippen LogP contribution in [0.5, 0.6) is 0 Å². The molecule has 27 heavy (non-hydrogen) atoms. The van der Waals surface area contributed by atoms with Crippen molar-refractivity contribution in [2.75, 3.05) is 37.0 Å². The highest BCUT2D eigenvalue weighted by atomic mass is 32.2. The van der Waals surface area contributed by atoms with Gasteiger partial charge in [-0.25, -0.2) is 4.68 Å². The number of aromatic nitrogens is 2. The van der Waals surface area contributed by atoms with Crippen LogP contribution < -0.4 is 10.2 Å². The number of nitrogens with one attached hydrogen (secondary N) is 1. The number of thioether (sulfide) groups is 1. The van der Waals surface area contributed by atoms with E-state index >= 15 is 0 Å². The van der Waals surface area contributed by atoms with Crippen LogP contribution in [0.1, 0.15) is 19.0 Å². The van der Waals surface area contributed by atoms with Gasteiger partial charge in [-0.3, -0.25) is 14.5 Å². The predicted octanol–water partition coefficient (Wildman–Crippen LogP) is 2.16. The fraction of sp³-hybridized carbons (Fsp3) is 0.421. The number of amides is 2. The first kappa shape index (κ1) is 19.4. The third-order valence-electron chi connectivity index (χ3n) is 4.19. The van der Waals surface area contributed by atoms with Gasteiger partial charge in [-0.05, 0) is 32.4 Å². The highest BCUT2D eigenvalue weighted by Crippen LogP contribution is 2.39. The van der Waals surface area contributed by atoms with E-state index in [2.05, 4.69) is 10.4 Å². The molecule has 3 rings (SSSR count). The summed E-state index contributed by atoms with van der Waals surface area (Å²) in [6.45, 7) is 5.62. The van der Waals surface area contributed by atoms with Crippen molar-refractivity contribution >= 4 is 29.3 Å². The second kappa shape index (κ2) is 9.05. The van der Waals surface area contributed by atoms with Crippen LogP contribution >= 0.6 is 11.8 Å². The van der Waals surface area contributed by atoms with Crippen LogP contribution in [-0.2, 0) is 14.3 Å². The second-order valence-electron chi connectivity index (χ2n) is 6.16. The van der Waals surface area contributed by atoms with Gasteiger partial charge >= 0.3 is 0 Å². The standard InChI is InChI=1S/C19H24N4O3S/c1-3-26-11-7-10-20-16(24)12-22-17(25)13-27-19-18(22)14(2)21-23(19)15-8-5-4-6-9-15/h4-6,8-9H,3,7,10-13H2,1-2H3,(H,20,24). The highest BCUT2D eigenvalue weighted by molar-refractivity contribution is 8.00. The van der Waals surface area contributed by atoms with Crippen molar-refractivity contribution in [2.24, 2.45) is 0 Å². The summed E-state index contributed by atoms with van der Waals surface area (Å²) in [5, 5.41) is 8.35. The first-order valence-corrected chi connectivity index (χ1v) is 10.0. The van der Waals surface area contributed by atoms with Gasteiger partial charge in [0.2, 0.25) is 11.8 Å². The Balaban J connectivity index is 1.74. The highest BCUT2D eigenvalue weighted by Gasteiger charge is 2.32. The molecule has 2 amide bonds. The van der Waals surface area contributed by atoms with Gasteiger partial charge in [-0.15, -0.1) is 0 Å². The maximum absolute atomic E-state index is 12.5. The molecule has 8 heteroatoms. The maximum Gasteiger partial charge on any atom is 0.240 e. The van der Waals surface area contributed by atoms with Gasteiger partial charge in [0.25, 0.3) is 0 Å². The molecule has 0 unspecified atom stereocenters. The van der Waals surface area contributed by atoms with Crippen LogP contribution in [0.2, 0.25) is 0 Å². The lowest BCUT2D eigenvalue weighted by atomic mass is 10.3. The Kier molecular flexibility index (Phi) is 6.52. The number of benzene rings is 1. The number of carbonyl (C=O) groups is 2. The first-order valence-electron chi connectivity index (χ1n) is 9.04. The minimum Gasteiger partial charge on any atom is -0.382 e. The zero-order valence-corrected chi connectivity index (χ0v) is 16.4. The van der Waals surface area contributed by atoms with E-state index in [-0.39, 0.29) is 18.4 Å². The molecule has 1 aliphatic heterocycles. The van der Waals surface area contributed by atoms with Crippen molar-refractivity contribution in [3.63, 3.8) is 0 Å². The van der Waals surface area contributed by atoms with Gasteiger partial charge in [0.1, 0.15) is 11.6 Å². The summed E-state index contributed by atoms with van der Waals surface area (Å²) in [6.07, 6.45) is 0.750. The molecule has 2 aromatic rings. The summed E-state index contributed by atoms with van der Waals surface area (Å²) in [4.78, 5) is 26.3.